The van der Waals surface area contributed by atoms with Crippen molar-refractivity contribution in [1.82, 2.24) is 0 Å². The Morgan fingerprint density at radius 3 is 2.28 bits per heavy atom. The van der Waals surface area contributed by atoms with E-state index in [1.165, 1.54) is 0 Å². The Kier molecular flexibility index (Phi) is 5.99. The van der Waals surface area contributed by atoms with Crippen LogP contribution >= 0.6 is 0 Å². The minimum Gasteiger partial charge on any atom is -0.494 e. The summed E-state index contributed by atoms with van der Waals surface area (Å²) in [4.78, 5) is 0. The maximum Gasteiger partial charge on any atom is 0.153 e. The molecule has 0 amide bonds. The fourth-order valence-electron chi connectivity index (χ4n) is 2.40. The number of hydrogen-bond donors (Lipinski definition) is 1. The topological polar surface area (TPSA) is 107 Å². The molecular formula is C20H18N4O. The van der Waals surface area contributed by atoms with Crippen molar-refractivity contribution in [3.63, 3.8) is 0 Å². The second kappa shape index (κ2) is 8.39. The molecule has 124 valence electrons. The number of nitrogens with two attached hydrogens (primary N) is 1. The highest BCUT2D eigenvalue weighted by Gasteiger charge is 2.28. The summed E-state index contributed by atoms with van der Waals surface area (Å²) in [6.07, 6.45) is 5.68. The second-order valence-corrected chi connectivity index (χ2v) is 5.56. The van der Waals surface area contributed by atoms with Crippen LogP contribution in [0, 0.1) is 39.9 Å². The Bertz CT molecular complexity index is 835. The maximum atomic E-state index is 9.48. The normalized spacial score (nSPS) is 14.0. The SMILES string of the molecule is CCOc1ccc(C=CC(=C(C#N)C(N)=C(C#N)C#N)C2CC2)cc1. The summed E-state index contributed by atoms with van der Waals surface area (Å²) < 4.78 is 5.41. The molecule has 25 heavy (non-hydrogen) atoms. The molecule has 0 bridgehead atoms. The van der Waals surface area contributed by atoms with Gasteiger partial charge in [0.05, 0.1) is 17.9 Å². The Morgan fingerprint density at radius 1 is 1.16 bits per heavy atom. The van der Waals surface area contributed by atoms with Crippen molar-refractivity contribution in [3.05, 3.63) is 58.3 Å². The van der Waals surface area contributed by atoms with Crippen molar-refractivity contribution in [3.8, 4) is 24.0 Å². The van der Waals surface area contributed by atoms with Gasteiger partial charge in [-0.05, 0) is 49.0 Å². The molecule has 2 rings (SSSR count). The van der Waals surface area contributed by atoms with E-state index in [2.05, 4.69) is 6.07 Å². The van der Waals surface area contributed by atoms with E-state index in [1.54, 1.807) is 12.1 Å². The van der Waals surface area contributed by atoms with Crippen LogP contribution in [0.4, 0.5) is 0 Å². The number of ether oxygens (including phenoxy) is 1. The third-order valence-electron chi connectivity index (χ3n) is 3.83. The molecule has 0 spiro atoms. The third kappa shape index (κ3) is 4.50. The van der Waals surface area contributed by atoms with Crippen LogP contribution in [-0.4, -0.2) is 6.61 Å². The van der Waals surface area contributed by atoms with E-state index in [9.17, 15) is 5.26 Å². The number of hydrogen-bond acceptors (Lipinski definition) is 5. The molecule has 0 saturated heterocycles. The van der Waals surface area contributed by atoms with Crippen molar-refractivity contribution in [2.24, 2.45) is 11.7 Å². The summed E-state index contributed by atoms with van der Waals surface area (Å²) in [5.74, 6) is 1.04. The Morgan fingerprint density at radius 2 is 1.80 bits per heavy atom. The summed E-state index contributed by atoms with van der Waals surface area (Å²) in [5.41, 5.74) is 7.55. The van der Waals surface area contributed by atoms with E-state index in [0.717, 1.165) is 29.7 Å². The van der Waals surface area contributed by atoms with Gasteiger partial charge < -0.3 is 10.5 Å². The van der Waals surface area contributed by atoms with E-state index in [4.69, 9.17) is 21.0 Å². The Balaban J connectivity index is 2.38. The zero-order chi connectivity index (χ0) is 18.2. The molecule has 0 aromatic heterocycles. The molecule has 1 fully saturated rings. The quantitative estimate of drug-likeness (QED) is 0.633. The van der Waals surface area contributed by atoms with Crippen LogP contribution in [0.2, 0.25) is 0 Å². The van der Waals surface area contributed by atoms with Gasteiger partial charge in [-0.2, -0.15) is 15.8 Å². The average Bonchev–Trinajstić information content (AvgIpc) is 3.46. The molecule has 5 nitrogen and oxygen atoms in total. The van der Waals surface area contributed by atoms with Crippen LogP contribution in [0.25, 0.3) is 6.08 Å². The average molecular weight is 330 g/mol. The van der Waals surface area contributed by atoms with Crippen molar-refractivity contribution < 1.29 is 4.74 Å². The Labute approximate surface area is 147 Å². The first-order valence-corrected chi connectivity index (χ1v) is 8.00. The largest absolute Gasteiger partial charge is 0.494 e. The van der Waals surface area contributed by atoms with Crippen molar-refractivity contribution in [2.75, 3.05) is 6.61 Å². The second-order valence-electron chi connectivity index (χ2n) is 5.56. The van der Waals surface area contributed by atoms with E-state index >= 15 is 0 Å². The first-order chi connectivity index (χ1) is 12.1. The lowest BCUT2D eigenvalue weighted by atomic mass is 9.98. The molecule has 1 saturated carbocycles. The fraction of sp³-hybridized carbons (Fsp3) is 0.250. The van der Waals surface area contributed by atoms with Gasteiger partial charge in [0.2, 0.25) is 0 Å². The highest BCUT2D eigenvalue weighted by molar-refractivity contribution is 5.61. The highest BCUT2D eigenvalue weighted by atomic mass is 16.5. The van der Waals surface area contributed by atoms with Gasteiger partial charge in [0.1, 0.15) is 24.0 Å². The van der Waals surface area contributed by atoms with E-state index in [-0.39, 0.29) is 22.8 Å². The Hall–Kier alpha value is -3.49. The molecule has 2 N–H and O–H groups in total. The van der Waals surface area contributed by atoms with Crippen molar-refractivity contribution in [2.45, 2.75) is 19.8 Å². The van der Waals surface area contributed by atoms with Gasteiger partial charge in [0, 0.05) is 0 Å². The molecule has 1 aromatic carbocycles. The van der Waals surface area contributed by atoms with E-state index in [1.807, 2.05) is 43.3 Å². The molecule has 0 heterocycles. The number of rotatable bonds is 6. The number of nitriles is 3. The smallest absolute Gasteiger partial charge is 0.153 e. The van der Waals surface area contributed by atoms with Crippen molar-refractivity contribution in [1.29, 1.82) is 15.8 Å². The van der Waals surface area contributed by atoms with Gasteiger partial charge in [-0.1, -0.05) is 24.3 Å². The van der Waals surface area contributed by atoms with Gasteiger partial charge in [0.15, 0.2) is 5.57 Å². The lowest BCUT2D eigenvalue weighted by Crippen LogP contribution is -2.06. The predicted octanol–water partition coefficient (Wildman–Crippen LogP) is 3.59. The van der Waals surface area contributed by atoms with E-state index < -0.39 is 0 Å². The van der Waals surface area contributed by atoms with Crippen LogP contribution < -0.4 is 10.5 Å². The minimum atomic E-state index is -0.232. The highest BCUT2D eigenvalue weighted by Crippen LogP contribution is 2.40. The minimum absolute atomic E-state index is 0.0502. The molecule has 1 aliphatic carbocycles. The van der Waals surface area contributed by atoms with Crippen LogP contribution in [0.3, 0.4) is 0 Å². The van der Waals surface area contributed by atoms with Gasteiger partial charge in [-0.15, -0.1) is 0 Å². The van der Waals surface area contributed by atoms with Gasteiger partial charge >= 0.3 is 0 Å². The summed E-state index contributed by atoms with van der Waals surface area (Å²) >= 11 is 0. The lowest BCUT2D eigenvalue weighted by Gasteiger charge is -2.06. The zero-order valence-corrected chi connectivity index (χ0v) is 14.0. The zero-order valence-electron chi connectivity index (χ0n) is 14.0. The predicted molar refractivity (Wildman–Crippen MR) is 94.4 cm³/mol. The molecule has 0 atom stereocenters. The standard InChI is InChI=1S/C20H18N4O/c1-2-25-17-8-3-14(4-9-17)5-10-18(15-6-7-15)19(13-23)20(24)16(11-21)12-22/h3-5,8-10,15H,2,6-7,24H2,1H3. The molecule has 5 heteroatoms. The van der Waals surface area contributed by atoms with Crippen molar-refractivity contribution >= 4 is 6.08 Å². The van der Waals surface area contributed by atoms with Crippen LogP contribution in [0.5, 0.6) is 5.75 Å². The molecule has 0 aliphatic heterocycles. The first-order valence-electron chi connectivity index (χ1n) is 8.00. The summed E-state index contributed by atoms with van der Waals surface area (Å²) in [7, 11) is 0. The lowest BCUT2D eigenvalue weighted by molar-refractivity contribution is 0.340. The molecule has 0 radical (unpaired) electrons. The van der Waals surface area contributed by atoms with Crippen LogP contribution in [0.15, 0.2) is 52.8 Å². The fourth-order valence-corrected chi connectivity index (χ4v) is 2.40. The number of nitrogens with zero attached hydrogens (tertiary/aromatic N) is 3. The van der Waals surface area contributed by atoms with Crippen LogP contribution in [-0.2, 0) is 0 Å². The monoisotopic (exact) mass is 330 g/mol. The van der Waals surface area contributed by atoms with Gasteiger partial charge in [-0.3, -0.25) is 0 Å². The molecular weight excluding hydrogens is 312 g/mol. The van der Waals surface area contributed by atoms with E-state index in [0.29, 0.717) is 6.61 Å². The summed E-state index contributed by atoms with van der Waals surface area (Å²) in [5, 5.41) is 27.4. The number of benzene rings is 1. The van der Waals surface area contributed by atoms with Gasteiger partial charge in [0.25, 0.3) is 0 Å². The molecule has 1 aliphatic rings. The molecule has 0 unspecified atom stereocenters. The maximum absolute atomic E-state index is 9.48. The molecule has 1 aromatic rings. The summed E-state index contributed by atoms with van der Waals surface area (Å²) in [6.45, 7) is 2.54. The summed E-state index contributed by atoms with van der Waals surface area (Å²) in [6, 6.07) is 13.2. The van der Waals surface area contributed by atoms with Crippen LogP contribution in [0.1, 0.15) is 25.3 Å². The first kappa shape index (κ1) is 17.9. The number of allylic oxidation sites excluding steroid dienone is 4. The third-order valence-corrected chi connectivity index (χ3v) is 3.83. The van der Waals surface area contributed by atoms with Gasteiger partial charge in [-0.25, -0.2) is 0 Å².